The Morgan fingerprint density at radius 2 is 2.09 bits per heavy atom. The van der Waals surface area contributed by atoms with E-state index in [9.17, 15) is 9.59 Å². The van der Waals surface area contributed by atoms with Crippen LogP contribution in [0.2, 0.25) is 0 Å². The Hall–Kier alpha value is -1.36. The minimum absolute atomic E-state index is 0.329. The molecule has 0 amide bonds. The average molecular weight is 155 g/mol. The minimum Gasteiger partial charge on any atom is -0.323 e. The molecule has 1 atom stereocenters. The van der Waals surface area contributed by atoms with E-state index in [0.717, 1.165) is 0 Å². The molecule has 4 N–H and O–H groups in total. The van der Waals surface area contributed by atoms with Gasteiger partial charge in [0, 0.05) is 17.8 Å². The lowest BCUT2D eigenvalue weighted by atomic mass is 10.2. The molecule has 60 valence electrons. The summed E-state index contributed by atoms with van der Waals surface area (Å²) in [5.41, 5.74) is 4.92. The van der Waals surface area contributed by atoms with Crippen LogP contribution in [0.4, 0.5) is 0 Å². The van der Waals surface area contributed by atoms with Gasteiger partial charge in [0.05, 0.1) is 0 Å². The molecule has 0 aliphatic heterocycles. The van der Waals surface area contributed by atoms with E-state index in [1.807, 2.05) is 4.98 Å². The van der Waals surface area contributed by atoms with Crippen molar-refractivity contribution in [3.63, 3.8) is 0 Å². The maximum atomic E-state index is 10.7. The van der Waals surface area contributed by atoms with Crippen molar-refractivity contribution in [2.75, 3.05) is 0 Å². The Morgan fingerprint density at radius 3 is 2.55 bits per heavy atom. The van der Waals surface area contributed by atoms with Crippen molar-refractivity contribution >= 4 is 0 Å². The van der Waals surface area contributed by atoms with Gasteiger partial charge in [-0.25, -0.2) is 4.79 Å². The van der Waals surface area contributed by atoms with E-state index in [-0.39, 0.29) is 6.04 Å². The summed E-state index contributed by atoms with van der Waals surface area (Å²) in [5.74, 6) is 0. The Balaban J connectivity index is 3.30. The van der Waals surface area contributed by atoms with Crippen LogP contribution < -0.4 is 17.0 Å². The molecule has 0 unspecified atom stereocenters. The van der Waals surface area contributed by atoms with Crippen LogP contribution in [0.5, 0.6) is 0 Å². The standard InChI is InChI=1S/C6H9N3O2/c1-3(7)4-2-5(10)9-6(11)8-4/h2-3H,7H2,1H3,(H2,8,9,10,11)/t3-/m1/s1. The predicted octanol–water partition coefficient (Wildman–Crippen LogP) is -0.917. The first kappa shape index (κ1) is 7.74. The topological polar surface area (TPSA) is 91.7 Å². The molecule has 1 rings (SSSR count). The Labute approximate surface area is 62.3 Å². The van der Waals surface area contributed by atoms with Gasteiger partial charge in [-0.2, -0.15) is 0 Å². The van der Waals surface area contributed by atoms with Gasteiger partial charge >= 0.3 is 5.69 Å². The molecule has 0 saturated carbocycles. The molecule has 1 aromatic heterocycles. The van der Waals surface area contributed by atoms with Crippen molar-refractivity contribution in [2.24, 2.45) is 5.73 Å². The zero-order valence-electron chi connectivity index (χ0n) is 6.05. The smallest absolute Gasteiger partial charge is 0.323 e. The van der Waals surface area contributed by atoms with E-state index in [0.29, 0.717) is 5.69 Å². The number of hydrogen-bond acceptors (Lipinski definition) is 3. The number of aromatic amines is 2. The molecule has 0 aliphatic rings. The van der Waals surface area contributed by atoms with E-state index in [1.54, 1.807) is 6.92 Å². The van der Waals surface area contributed by atoms with Crippen molar-refractivity contribution in [2.45, 2.75) is 13.0 Å². The SMILES string of the molecule is C[C@@H](N)c1cc(=O)[nH]c(=O)[nH]1. The first-order valence-electron chi connectivity index (χ1n) is 3.18. The highest BCUT2D eigenvalue weighted by Gasteiger charge is 2.00. The molecule has 0 radical (unpaired) electrons. The molecule has 0 fully saturated rings. The van der Waals surface area contributed by atoms with Crippen LogP contribution in [0.25, 0.3) is 0 Å². The van der Waals surface area contributed by atoms with Gasteiger partial charge in [0.1, 0.15) is 0 Å². The lowest BCUT2D eigenvalue weighted by molar-refractivity contribution is 0.760. The van der Waals surface area contributed by atoms with Crippen LogP contribution in [0.3, 0.4) is 0 Å². The summed E-state index contributed by atoms with van der Waals surface area (Å²) in [5, 5.41) is 0. The fourth-order valence-corrected chi connectivity index (χ4v) is 0.733. The summed E-state index contributed by atoms with van der Waals surface area (Å²) in [6.45, 7) is 1.69. The average Bonchev–Trinajstić information content (AvgIpc) is 1.85. The first-order valence-corrected chi connectivity index (χ1v) is 3.18. The van der Waals surface area contributed by atoms with Crippen LogP contribution in [-0.2, 0) is 0 Å². The van der Waals surface area contributed by atoms with Crippen LogP contribution in [0.15, 0.2) is 15.7 Å². The first-order chi connectivity index (χ1) is 5.09. The molecule has 5 nitrogen and oxygen atoms in total. The number of nitrogens with two attached hydrogens (primary N) is 1. The summed E-state index contributed by atoms with van der Waals surface area (Å²) in [4.78, 5) is 25.8. The maximum absolute atomic E-state index is 10.7. The highest BCUT2D eigenvalue weighted by atomic mass is 16.2. The van der Waals surface area contributed by atoms with Gasteiger partial charge in [0.2, 0.25) is 0 Å². The molecule has 0 aromatic carbocycles. The van der Waals surface area contributed by atoms with Gasteiger partial charge in [-0.3, -0.25) is 9.78 Å². The molecule has 0 bridgehead atoms. The summed E-state index contributed by atoms with van der Waals surface area (Å²) in [6, 6.07) is 0.941. The van der Waals surface area contributed by atoms with E-state index in [4.69, 9.17) is 5.73 Å². The molecule has 11 heavy (non-hydrogen) atoms. The fourth-order valence-electron chi connectivity index (χ4n) is 0.733. The molecule has 1 aromatic rings. The summed E-state index contributed by atoms with van der Waals surface area (Å²) in [7, 11) is 0. The summed E-state index contributed by atoms with van der Waals surface area (Å²) >= 11 is 0. The lowest BCUT2D eigenvalue weighted by Crippen LogP contribution is -2.25. The number of nitrogens with one attached hydrogen (secondary N) is 2. The molecule has 0 spiro atoms. The quantitative estimate of drug-likeness (QED) is 0.490. The largest absolute Gasteiger partial charge is 0.325 e. The predicted molar refractivity (Wildman–Crippen MR) is 40.3 cm³/mol. The Kier molecular flexibility index (Phi) is 1.91. The fraction of sp³-hybridized carbons (Fsp3) is 0.333. The van der Waals surface area contributed by atoms with Crippen LogP contribution in [0, 0.1) is 0 Å². The Bertz CT molecular complexity index is 321. The van der Waals surface area contributed by atoms with Crippen LogP contribution in [-0.4, -0.2) is 9.97 Å². The van der Waals surface area contributed by atoms with Gasteiger partial charge in [-0.05, 0) is 6.92 Å². The molecular formula is C6H9N3O2. The van der Waals surface area contributed by atoms with Crippen molar-refractivity contribution in [3.8, 4) is 0 Å². The van der Waals surface area contributed by atoms with Crippen LogP contribution in [0.1, 0.15) is 18.7 Å². The normalized spacial score (nSPS) is 12.9. The molecule has 0 aliphatic carbocycles. The van der Waals surface area contributed by atoms with E-state index in [2.05, 4.69) is 4.98 Å². The monoisotopic (exact) mass is 155 g/mol. The van der Waals surface area contributed by atoms with Gasteiger partial charge in [-0.1, -0.05) is 0 Å². The third-order valence-electron chi connectivity index (χ3n) is 1.27. The lowest BCUT2D eigenvalue weighted by Gasteiger charge is -2.01. The molecule has 1 heterocycles. The Morgan fingerprint density at radius 1 is 1.45 bits per heavy atom. The minimum atomic E-state index is -0.523. The second-order valence-electron chi connectivity index (χ2n) is 2.33. The molecule has 0 saturated heterocycles. The van der Waals surface area contributed by atoms with Crippen LogP contribution >= 0.6 is 0 Å². The molecule has 5 heteroatoms. The third-order valence-corrected chi connectivity index (χ3v) is 1.27. The van der Waals surface area contributed by atoms with Crippen molar-refractivity contribution in [1.82, 2.24) is 9.97 Å². The maximum Gasteiger partial charge on any atom is 0.325 e. The zero-order chi connectivity index (χ0) is 8.43. The highest BCUT2D eigenvalue weighted by Crippen LogP contribution is 1.97. The van der Waals surface area contributed by atoms with Gasteiger partial charge < -0.3 is 10.7 Å². The molecular weight excluding hydrogens is 146 g/mol. The zero-order valence-corrected chi connectivity index (χ0v) is 6.05. The summed E-state index contributed by atoms with van der Waals surface area (Å²) < 4.78 is 0. The van der Waals surface area contributed by atoms with Crippen molar-refractivity contribution in [1.29, 1.82) is 0 Å². The van der Waals surface area contributed by atoms with Crippen molar-refractivity contribution < 1.29 is 0 Å². The number of hydrogen-bond donors (Lipinski definition) is 3. The second-order valence-corrected chi connectivity index (χ2v) is 2.33. The number of rotatable bonds is 1. The van der Waals surface area contributed by atoms with E-state index < -0.39 is 11.2 Å². The van der Waals surface area contributed by atoms with Gasteiger partial charge in [-0.15, -0.1) is 0 Å². The second kappa shape index (κ2) is 2.71. The van der Waals surface area contributed by atoms with Gasteiger partial charge in [0.25, 0.3) is 5.56 Å². The van der Waals surface area contributed by atoms with Crippen molar-refractivity contribution in [3.05, 3.63) is 32.6 Å². The summed E-state index contributed by atoms with van der Waals surface area (Å²) in [6.07, 6.45) is 0. The number of aromatic nitrogens is 2. The third kappa shape index (κ3) is 1.78. The highest BCUT2D eigenvalue weighted by molar-refractivity contribution is 5.02. The number of H-pyrrole nitrogens is 2. The van der Waals surface area contributed by atoms with E-state index in [1.165, 1.54) is 6.07 Å². The van der Waals surface area contributed by atoms with E-state index >= 15 is 0 Å². The van der Waals surface area contributed by atoms with Gasteiger partial charge in [0.15, 0.2) is 0 Å².